The normalized spacial score (nSPS) is 21.4. The molecule has 2 nitrogen and oxygen atoms in total. The van der Waals surface area contributed by atoms with Gasteiger partial charge < -0.3 is 5.32 Å². The van der Waals surface area contributed by atoms with Gasteiger partial charge in [-0.25, -0.2) is 0 Å². The number of piperazine rings is 1. The largest absolute Gasteiger partial charge is 0.309 e. The minimum absolute atomic E-state index is 0.143. The lowest BCUT2D eigenvalue weighted by Crippen LogP contribution is -2.67. The van der Waals surface area contributed by atoms with Crippen molar-refractivity contribution >= 4 is 23.2 Å². The van der Waals surface area contributed by atoms with Crippen LogP contribution >= 0.6 is 23.2 Å². The lowest BCUT2D eigenvalue weighted by molar-refractivity contribution is 0.00234. The Morgan fingerprint density at radius 1 is 1.14 bits per heavy atom. The zero-order chi connectivity index (χ0) is 15.7. The molecule has 0 aromatic heterocycles. The second-order valence-corrected chi connectivity index (χ2v) is 7.59. The van der Waals surface area contributed by atoms with Crippen LogP contribution in [0.1, 0.15) is 46.1 Å². The number of halogens is 2. The van der Waals surface area contributed by atoms with Crippen LogP contribution in [0.25, 0.3) is 0 Å². The Labute approximate surface area is 138 Å². The molecule has 0 radical (unpaired) electrons. The number of benzene rings is 1. The van der Waals surface area contributed by atoms with Crippen molar-refractivity contribution in [1.82, 2.24) is 10.2 Å². The molecule has 1 aromatic carbocycles. The summed E-state index contributed by atoms with van der Waals surface area (Å²) in [6.07, 6.45) is 2.29. The van der Waals surface area contributed by atoms with E-state index in [0.717, 1.165) is 32.5 Å². The van der Waals surface area contributed by atoms with Crippen LogP contribution in [0.3, 0.4) is 0 Å². The second-order valence-electron chi connectivity index (χ2n) is 6.77. The zero-order valence-corrected chi connectivity index (χ0v) is 15.0. The van der Waals surface area contributed by atoms with Crippen LogP contribution in [-0.2, 0) is 6.54 Å². The summed E-state index contributed by atoms with van der Waals surface area (Å²) in [4.78, 5) is 2.61. The van der Waals surface area contributed by atoms with Gasteiger partial charge >= 0.3 is 0 Å². The SMILES string of the molecule is CCC1(CC)CNC(C)(C)CN1Cc1ccc(Cl)c(Cl)c1. The maximum atomic E-state index is 6.16. The predicted molar refractivity (Wildman–Crippen MR) is 92.3 cm³/mol. The third-order valence-corrected chi connectivity index (χ3v) is 5.57. The second kappa shape index (κ2) is 6.45. The number of nitrogens with zero attached hydrogens (tertiary/aromatic N) is 1. The van der Waals surface area contributed by atoms with Gasteiger partial charge in [-0.15, -0.1) is 0 Å². The van der Waals surface area contributed by atoms with E-state index in [4.69, 9.17) is 23.2 Å². The fourth-order valence-corrected chi connectivity index (χ4v) is 3.57. The van der Waals surface area contributed by atoms with Crippen LogP contribution < -0.4 is 5.32 Å². The first-order chi connectivity index (χ1) is 9.82. The molecular weight excluding hydrogens is 303 g/mol. The molecule has 0 spiro atoms. The summed E-state index contributed by atoms with van der Waals surface area (Å²) in [7, 11) is 0. The monoisotopic (exact) mass is 328 g/mol. The van der Waals surface area contributed by atoms with Crippen LogP contribution in [0, 0.1) is 0 Å². The van der Waals surface area contributed by atoms with Crippen molar-refractivity contribution < 1.29 is 0 Å². The van der Waals surface area contributed by atoms with Gasteiger partial charge in [0.25, 0.3) is 0 Å². The maximum Gasteiger partial charge on any atom is 0.0595 e. The van der Waals surface area contributed by atoms with Gasteiger partial charge in [0.1, 0.15) is 0 Å². The molecule has 2 rings (SSSR count). The molecule has 0 atom stereocenters. The Hall–Kier alpha value is -0.280. The summed E-state index contributed by atoms with van der Waals surface area (Å²) in [6, 6.07) is 5.97. The minimum atomic E-state index is 0.143. The number of nitrogens with one attached hydrogen (secondary N) is 1. The Morgan fingerprint density at radius 2 is 1.81 bits per heavy atom. The molecule has 1 N–H and O–H groups in total. The van der Waals surface area contributed by atoms with Gasteiger partial charge in [-0.1, -0.05) is 43.1 Å². The van der Waals surface area contributed by atoms with Crippen molar-refractivity contribution in [2.75, 3.05) is 13.1 Å². The third-order valence-electron chi connectivity index (χ3n) is 4.83. The lowest BCUT2D eigenvalue weighted by atomic mass is 9.84. The zero-order valence-electron chi connectivity index (χ0n) is 13.5. The van der Waals surface area contributed by atoms with Gasteiger partial charge in [-0.2, -0.15) is 0 Å². The Bertz CT molecular complexity index is 496. The lowest BCUT2D eigenvalue weighted by Gasteiger charge is -2.52. The average molecular weight is 329 g/mol. The van der Waals surface area contributed by atoms with Crippen LogP contribution in [-0.4, -0.2) is 29.1 Å². The highest BCUT2D eigenvalue weighted by atomic mass is 35.5. The van der Waals surface area contributed by atoms with Gasteiger partial charge in [-0.3, -0.25) is 4.90 Å². The summed E-state index contributed by atoms with van der Waals surface area (Å²) >= 11 is 12.2. The van der Waals surface area contributed by atoms with E-state index in [0.29, 0.717) is 10.0 Å². The van der Waals surface area contributed by atoms with Gasteiger partial charge in [-0.05, 0) is 44.4 Å². The summed E-state index contributed by atoms with van der Waals surface area (Å²) in [5.41, 5.74) is 1.60. The fraction of sp³-hybridized carbons (Fsp3) is 0.647. The molecule has 1 saturated heterocycles. The average Bonchev–Trinajstić information content (AvgIpc) is 2.43. The predicted octanol–water partition coefficient (Wildman–Crippen LogP) is 4.74. The molecular formula is C17H26Cl2N2. The highest BCUT2D eigenvalue weighted by molar-refractivity contribution is 6.42. The van der Waals surface area contributed by atoms with Crippen LogP contribution in [0.15, 0.2) is 18.2 Å². The molecule has 4 heteroatoms. The minimum Gasteiger partial charge on any atom is -0.309 e. The van der Waals surface area contributed by atoms with Gasteiger partial charge in [0, 0.05) is 30.7 Å². The van der Waals surface area contributed by atoms with E-state index in [9.17, 15) is 0 Å². The van der Waals surface area contributed by atoms with E-state index in [-0.39, 0.29) is 11.1 Å². The molecule has 118 valence electrons. The van der Waals surface area contributed by atoms with Crippen molar-refractivity contribution in [1.29, 1.82) is 0 Å². The van der Waals surface area contributed by atoms with Crippen molar-refractivity contribution in [3.05, 3.63) is 33.8 Å². The fourth-order valence-electron chi connectivity index (χ4n) is 3.25. The molecule has 1 aliphatic rings. The third kappa shape index (κ3) is 3.73. The van der Waals surface area contributed by atoms with E-state index in [1.165, 1.54) is 5.56 Å². The van der Waals surface area contributed by atoms with Crippen molar-refractivity contribution in [3.63, 3.8) is 0 Å². The molecule has 0 unspecified atom stereocenters. The standard InChI is InChI=1S/C17H26Cl2N2/c1-5-17(6-2)11-20-16(3,4)12-21(17)10-13-7-8-14(18)15(19)9-13/h7-9,20H,5-6,10-12H2,1-4H3. The van der Waals surface area contributed by atoms with Crippen molar-refractivity contribution in [2.24, 2.45) is 0 Å². The molecule has 1 aromatic rings. The number of hydrogen-bond acceptors (Lipinski definition) is 2. The first-order valence-electron chi connectivity index (χ1n) is 7.76. The number of hydrogen-bond donors (Lipinski definition) is 1. The van der Waals surface area contributed by atoms with E-state index in [1.54, 1.807) is 0 Å². The molecule has 21 heavy (non-hydrogen) atoms. The molecule has 0 amide bonds. The molecule has 0 saturated carbocycles. The Kier molecular flexibility index (Phi) is 5.25. The number of rotatable bonds is 4. The Morgan fingerprint density at radius 3 is 2.38 bits per heavy atom. The molecule has 1 fully saturated rings. The topological polar surface area (TPSA) is 15.3 Å². The summed E-state index contributed by atoms with van der Waals surface area (Å²) in [5, 5.41) is 4.96. The highest BCUT2D eigenvalue weighted by Crippen LogP contribution is 2.32. The first-order valence-corrected chi connectivity index (χ1v) is 8.51. The highest BCUT2D eigenvalue weighted by Gasteiger charge is 2.41. The van der Waals surface area contributed by atoms with Crippen molar-refractivity contribution in [3.8, 4) is 0 Å². The van der Waals surface area contributed by atoms with Crippen LogP contribution in [0.4, 0.5) is 0 Å². The van der Waals surface area contributed by atoms with Gasteiger partial charge in [0.2, 0.25) is 0 Å². The summed E-state index contributed by atoms with van der Waals surface area (Å²) < 4.78 is 0. The molecule has 1 heterocycles. The van der Waals surface area contributed by atoms with Crippen LogP contribution in [0.2, 0.25) is 10.0 Å². The van der Waals surface area contributed by atoms with Gasteiger partial charge in [0.05, 0.1) is 10.0 Å². The Balaban J connectivity index is 2.25. The summed E-state index contributed by atoms with van der Waals surface area (Å²) in [5.74, 6) is 0. The first kappa shape index (κ1) is 17.1. The summed E-state index contributed by atoms with van der Waals surface area (Å²) in [6.45, 7) is 12.1. The molecule has 0 aliphatic carbocycles. The smallest absolute Gasteiger partial charge is 0.0595 e. The van der Waals surface area contributed by atoms with Crippen molar-refractivity contribution in [2.45, 2.75) is 58.2 Å². The van der Waals surface area contributed by atoms with E-state index in [1.807, 2.05) is 12.1 Å². The maximum absolute atomic E-state index is 6.16. The van der Waals surface area contributed by atoms with E-state index >= 15 is 0 Å². The molecule has 0 bridgehead atoms. The van der Waals surface area contributed by atoms with E-state index in [2.05, 4.69) is 44.0 Å². The molecule has 1 aliphatic heterocycles. The van der Waals surface area contributed by atoms with E-state index < -0.39 is 0 Å². The van der Waals surface area contributed by atoms with Crippen LogP contribution in [0.5, 0.6) is 0 Å². The van der Waals surface area contributed by atoms with Gasteiger partial charge in [0.15, 0.2) is 0 Å². The quantitative estimate of drug-likeness (QED) is 0.859.